The molecule has 0 N–H and O–H groups in total. The number of hydrogen-bond acceptors (Lipinski definition) is 8. The summed E-state index contributed by atoms with van der Waals surface area (Å²) < 4.78 is 7.68. The molecular weight excluding hydrogens is 336 g/mol. The van der Waals surface area contributed by atoms with Gasteiger partial charge in [-0.2, -0.15) is 0 Å². The molecule has 0 saturated heterocycles. The molecule has 2 heterocycles. The summed E-state index contributed by atoms with van der Waals surface area (Å²) in [4.78, 5) is 0. The van der Waals surface area contributed by atoms with E-state index in [0.29, 0.717) is 11.8 Å². The molecule has 0 saturated carbocycles. The predicted octanol–water partition coefficient (Wildman–Crippen LogP) is 4.55. The second-order valence-corrected chi connectivity index (χ2v) is 8.42. The molecule has 0 bridgehead atoms. The predicted molar refractivity (Wildman–Crippen MR) is 90.3 cm³/mol. The largest absolute Gasteiger partial charge is 0.419 e. The van der Waals surface area contributed by atoms with Crippen LogP contribution in [0.15, 0.2) is 43.4 Å². The summed E-state index contributed by atoms with van der Waals surface area (Å²) in [5, 5.41) is 16.6. The quantitative estimate of drug-likeness (QED) is 0.604. The highest BCUT2D eigenvalue weighted by Gasteiger charge is 2.18. The normalized spacial score (nSPS) is 12.5. The van der Waals surface area contributed by atoms with Crippen LogP contribution in [0.3, 0.4) is 0 Å². The summed E-state index contributed by atoms with van der Waals surface area (Å²) in [6.07, 6.45) is 0. The van der Waals surface area contributed by atoms with Crippen molar-refractivity contribution in [3.8, 4) is 11.5 Å². The van der Waals surface area contributed by atoms with Crippen molar-refractivity contribution in [3.63, 3.8) is 0 Å². The van der Waals surface area contributed by atoms with E-state index in [1.165, 1.54) is 0 Å². The number of aromatic nitrogens is 4. The highest BCUT2D eigenvalue weighted by atomic mass is 32.2. The van der Waals surface area contributed by atoms with Gasteiger partial charge in [0, 0.05) is 5.56 Å². The molecule has 3 aromatic rings. The molecule has 8 heteroatoms. The molecule has 0 fully saturated rings. The Labute approximate surface area is 141 Å². The van der Waals surface area contributed by atoms with Crippen molar-refractivity contribution in [2.24, 2.45) is 0 Å². The van der Waals surface area contributed by atoms with Crippen LogP contribution in [0.5, 0.6) is 0 Å². The first kappa shape index (κ1) is 15.5. The molecule has 0 aliphatic heterocycles. The summed E-state index contributed by atoms with van der Waals surface area (Å²) in [6.45, 7) is 4.13. The van der Waals surface area contributed by atoms with E-state index >= 15 is 0 Å². The monoisotopic (exact) mass is 350 g/mol. The van der Waals surface area contributed by atoms with Gasteiger partial charge in [-0.25, -0.2) is 0 Å². The maximum absolute atomic E-state index is 5.77. The number of hydrogen-bond donors (Lipinski definition) is 0. The van der Waals surface area contributed by atoms with E-state index < -0.39 is 0 Å². The zero-order valence-corrected chi connectivity index (χ0v) is 14.5. The van der Waals surface area contributed by atoms with Crippen molar-refractivity contribution in [3.05, 3.63) is 36.2 Å². The minimum absolute atomic E-state index is 0.0392. The Hall–Kier alpha value is -1.38. The van der Waals surface area contributed by atoms with Gasteiger partial charge in [-0.15, -0.1) is 20.4 Å². The van der Waals surface area contributed by atoms with E-state index in [0.717, 1.165) is 20.0 Å². The molecule has 114 valence electrons. The fraction of sp³-hybridized carbons (Fsp3) is 0.286. The lowest BCUT2D eigenvalue weighted by Crippen LogP contribution is -1.88. The first-order valence-electron chi connectivity index (χ1n) is 6.78. The van der Waals surface area contributed by atoms with Gasteiger partial charge < -0.3 is 4.42 Å². The average Bonchev–Trinajstić information content (AvgIpc) is 3.18. The van der Waals surface area contributed by atoms with E-state index in [9.17, 15) is 0 Å². The van der Waals surface area contributed by atoms with Crippen molar-refractivity contribution in [1.29, 1.82) is 0 Å². The van der Waals surface area contributed by atoms with Crippen LogP contribution in [0.25, 0.3) is 11.5 Å². The Morgan fingerprint density at radius 1 is 1.09 bits per heavy atom. The highest BCUT2D eigenvalue weighted by Crippen LogP contribution is 2.38. The summed E-state index contributed by atoms with van der Waals surface area (Å²) in [5.74, 6) is 2.14. The Morgan fingerprint density at radius 3 is 2.64 bits per heavy atom. The summed E-state index contributed by atoms with van der Waals surface area (Å²) >= 11 is 4.89. The van der Waals surface area contributed by atoms with Crippen LogP contribution in [-0.4, -0.2) is 26.1 Å². The SMILES string of the molecule is CCSc1nnc(SC(C)c2nnc(-c3ccccc3)o2)s1. The van der Waals surface area contributed by atoms with E-state index in [2.05, 4.69) is 27.3 Å². The molecule has 1 aromatic carbocycles. The van der Waals surface area contributed by atoms with Crippen LogP contribution in [0.1, 0.15) is 25.0 Å². The fourth-order valence-corrected chi connectivity index (χ4v) is 4.82. The minimum atomic E-state index is 0.0392. The minimum Gasteiger partial charge on any atom is -0.419 e. The van der Waals surface area contributed by atoms with Crippen LogP contribution < -0.4 is 0 Å². The van der Waals surface area contributed by atoms with Crippen LogP contribution in [0.4, 0.5) is 0 Å². The van der Waals surface area contributed by atoms with Crippen LogP contribution >= 0.6 is 34.9 Å². The van der Waals surface area contributed by atoms with Crippen molar-refractivity contribution in [2.75, 3.05) is 5.75 Å². The highest BCUT2D eigenvalue weighted by molar-refractivity contribution is 8.03. The van der Waals surface area contributed by atoms with Crippen molar-refractivity contribution < 1.29 is 4.42 Å². The van der Waals surface area contributed by atoms with Crippen LogP contribution in [-0.2, 0) is 0 Å². The topological polar surface area (TPSA) is 64.7 Å². The Kier molecular flexibility index (Phi) is 5.12. The molecule has 0 amide bonds. The zero-order chi connectivity index (χ0) is 15.4. The van der Waals surface area contributed by atoms with Gasteiger partial charge in [0.05, 0.1) is 5.25 Å². The zero-order valence-electron chi connectivity index (χ0n) is 12.1. The van der Waals surface area contributed by atoms with E-state index in [1.54, 1.807) is 34.9 Å². The third kappa shape index (κ3) is 3.68. The van der Waals surface area contributed by atoms with Gasteiger partial charge in [0.25, 0.3) is 0 Å². The number of thioether (sulfide) groups is 2. The first-order chi connectivity index (χ1) is 10.8. The van der Waals surface area contributed by atoms with E-state index in [4.69, 9.17) is 4.42 Å². The molecule has 0 aliphatic carbocycles. The van der Waals surface area contributed by atoms with Crippen molar-refractivity contribution >= 4 is 34.9 Å². The maximum atomic E-state index is 5.77. The lowest BCUT2D eigenvalue weighted by Gasteiger charge is -2.02. The standard InChI is InChI=1S/C14H14N4OS3/c1-3-20-13-17-18-14(22-13)21-9(2)11-15-16-12(19-11)10-7-5-4-6-8-10/h4-9H,3H2,1-2H3. The molecule has 22 heavy (non-hydrogen) atoms. The van der Waals surface area contributed by atoms with E-state index in [-0.39, 0.29) is 5.25 Å². The van der Waals surface area contributed by atoms with Crippen LogP contribution in [0, 0.1) is 0 Å². The Bertz CT molecular complexity index is 729. The molecule has 5 nitrogen and oxygen atoms in total. The molecule has 3 rings (SSSR count). The van der Waals surface area contributed by atoms with Crippen molar-refractivity contribution in [1.82, 2.24) is 20.4 Å². The third-order valence-electron chi connectivity index (χ3n) is 2.74. The summed E-state index contributed by atoms with van der Waals surface area (Å²) in [7, 11) is 0. The van der Waals surface area contributed by atoms with Crippen LogP contribution in [0.2, 0.25) is 0 Å². The fourth-order valence-electron chi connectivity index (χ4n) is 1.72. The smallest absolute Gasteiger partial charge is 0.247 e. The maximum Gasteiger partial charge on any atom is 0.247 e. The lowest BCUT2D eigenvalue weighted by atomic mass is 10.2. The molecular formula is C14H14N4OS3. The van der Waals surface area contributed by atoms with Gasteiger partial charge >= 0.3 is 0 Å². The average molecular weight is 350 g/mol. The third-order valence-corrected chi connectivity index (χ3v) is 5.85. The Morgan fingerprint density at radius 2 is 1.86 bits per heavy atom. The lowest BCUT2D eigenvalue weighted by molar-refractivity contribution is 0.509. The van der Waals surface area contributed by atoms with Gasteiger partial charge in [-0.05, 0) is 24.8 Å². The first-order valence-corrected chi connectivity index (χ1v) is 9.46. The number of benzene rings is 1. The van der Waals surface area contributed by atoms with Gasteiger partial charge in [-0.1, -0.05) is 60.0 Å². The molecule has 2 aromatic heterocycles. The molecule has 1 unspecified atom stereocenters. The second kappa shape index (κ2) is 7.26. The summed E-state index contributed by atoms with van der Waals surface area (Å²) in [5.41, 5.74) is 0.927. The molecule has 0 radical (unpaired) electrons. The van der Waals surface area contributed by atoms with Crippen molar-refractivity contribution in [2.45, 2.75) is 27.8 Å². The number of rotatable bonds is 6. The van der Waals surface area contributed by atoms with Gasteiger partial charge in [0.15, 0.2) is 8.68 Å². The molecule has 0 spiro atoms. The molecule has 1 atom stereocenters. The van der Waals surface area contributed by atoms with E-state index in [1.807, 2.05) is 37.3 Å². The number of nitrogens with zero attached hydrogens (tertiary/aromatic N) is 4. The van der Waals surface area contributed by atoms with Gasteiger partial charge in [0.1, 0.15) is 0 Å². The van der Waals surface area contributed by atoms with Gasteiger partial charge in [0.2, 0.25) is 11.8 Å². The molecule has 0 aliphatic rings. The second-order valence-electron chi connectivity index (χ2n) is 4.34. The van der Waals surface area contributed by atoms with Gasteiger partial charge in [-0.3, -0.25) is 0 Å². The summed E-state index contributed by atoms with van der Waals surface area (Å²) in [6, 6.07) is 9.76. The Balaban J connectivity index is 1.70.